The molecule has 0 bridgehead atoms. The first-order valence-electron chi connectivity index (χ1n) is 11.6. The molecule has 2 aromatic carbocycles. The highest BCUT2D eigenvalue weighted by atomic mass is 16.5. The summed E-state index contributed by atoms with van der Waals surface area (Å²) >= 11 is 0. The van der Waals surface area contributed by atoms with Crippen molar-refractivity contribution in [3.05, 3.63) is 65.7 Å². The molecular weight excluding hydrogens is 372 g/mol. The molecule has 0 radical (unpaired) electrons. The van der Waals surface area contributed by atoms with E-state index in [-0.39, 0.29) is 6.61 Å². The van der Waals surface area contributed by atoms with Gasteiger partial charge in [-0.2, -0.15) is 0 Å². The lowest BCUT2D eigenvalue weighted by Crippen LogP contribution is -2.45. The van der Waals surface area contributed by atoms with E-state index in [1.807, 2.05) is 12.1 Å². The largest absolute Gasteiger partial charge is 0.491 e. The van der Waals surface area contributed by atoms with Crippen LogP contribution in [0, 0.1) is 5.41 Å². The topological polar surface area (TPSA) is 35.9 Å². The van der Waals surface area contributed by atoms with Gasteiger partial charge in [-0.3, -0.25) is 4.90 Å². The van der Waals surface area contributed by atoms with Crippen LogP contribution in [-0.4, -0.2) is 60.8 Å². The molecule has 0 amide bonds. The minimum Gasteiger partial charge on any atom is -0.491 e. The molecule has 30 heavy (non-hydrogen) atoms. The van der Waals surface area contributed by atoms with Gasteiger partial charge < -0.3 is 14.7 Å². The van der Waals surface area contributed by atoms with Gasteiger partial charge in [-0.15, -0.1) is 0 Å². The van der Waals surface area contributed by atoms with E-state index in [2.05, 4.69) is 52.3 Å². The predicted molar refractivity (Wildman–Crippen MR) is 122 cm³/mol. The average Bonchev–Trinajstić information content (AvgIpc) is 3.15. The molecule has 2 aliphatic rings. The quantitative estimate of drug-likeness (QED) is 0.681. The first kappa shape index (κ1) is 21.4. The van der Waals surface area contributed by atoms with Gasteiger partial charge in [0.25, 0.3) is 0 Å². The number of piperidine rings is 1. The summed E-state index contributed by atoms with van der Waals surface area (Å²) in [4.78, 5) is 5.36. The summed E-state index contributed by atoms with van der Waals surface area (Å²) in [6, 6.07) is 19.3. The third-order valence-electron chi connectivity index (χ3n) is 6.73. The Morgan fingerprint density at radius 1 is 0.867 bits per heavy atom. The van der Waals surface area contributed by atoms with E-state index in [1.54, 1.807) is 0 Å². The normalized spacial score (nSPS) is 22.6. The smallest absolute Gasteiger partial charge is 0.119 e. The second kappa shape index (κ2) is 10.4. The van der Waals surface area contributed by atoms with Crippen LogP contribution in [-0.2, 0) is 13.0 Å². The molecule has 4 rings (SSSR count). The molecule has 0 aromatic heterocycles. The fraction of sp³-hybridized carbons (Fsp3) is 0.538. The minimum absolute atomic E-state index is 0.0564. The number of hydrogen-bond acceptors (Lipinski definition) is 4. The Morgan fingerprint density at radius 3 is 2.47 bits per heavy atom. The number of benzene rings is 2. The Balaban J connectivity index is 1.24. The number of likely N-dealkylation sites (tertiary alicyclic amines) is 2. The lowest BCUT2D eigenvalue weighted by atomic mass is 9.79. The van der Waals surface area contributed by atoms with Crippen LogP contribution in [0.1, 0.15) is 36.8 Å². The Morgan fingerprint density at radius 2 is 1.67 bits per heavy atom. The highest BCUT2D eigenvalue weighted by Gasteiger charge is 2.40. The summed E-state index contributed by atoms with van der Waals surface area (Å²) in [5.74, 6) is 0.837. The van der Waals surface area contributed by atoms with Gasteiger partial charge in [0.05, 0.1) is 6.61 Å². The van der Waals surface area contributed by atoms with Gasteiger partial charge in [0.2, 0.25) is 0 Å². The summed E-state index contributed by atoms with van der Waals surface area (Å²) in [5, 5.41) is 8.88. The highest BCUT2D eigenvalue weighted by Crippen LogP contribution is 2.39. The predicted octanol–water partition coefficient (Wildman–Crippen LogP) is 3.98. The van der Waals surface area contributed by atoms with Crippen LogP contribution in [0.15, 0.2) is 54.6 Å². The Labute approximate surface area is 181 Å². The van der Waals surface area contributed by atoms with Crippen molar-refractivity contribution in [1.82, 2.24) is 9.80 Å². The fourth-order valence-electron chi connectivity index (χ4n) is 5.26. The van der Waals surface area contributed by atoms with Crippen LogP contribution in [0.5, 0.6) is 5.75 Å². The number of aliphatic hydroxyl groups is 1. The van der Waals surface area contributed by atoms with Gasteiger partial charge in [-0.1, -0.05) is 42.5 Å². The number of aryl methyl sites for hydroxylation is 1. The van der Waals surface area contributed by atoms with E-state index >= 15 is 0 Å². The molecule has 2 heterocycles. The van der Waals surface area contributed by atoms with Gasteiger partial charge in [0.1, 0.15) is 12.4 Å². The molecule has 0 saturated carbocycles. The number of rotatable bonds is 9. The molecule has 1 atom stereocenters. The van der Waals surface area contributed by atoms with Crippen molar-refractivity contribution >= 4 is 0 Å². The lowest BCUT2D eigenvalue weighted by Gasteiger charge is -2.40. The molecule has 2 aliphatic heterocycles. The molecule has 0 unspecified atom stereocenters. The molecule has 162 valence electrons. The number of ether oxygens (including phenoxy) is 1. The molecular formula is C26H36N2O2. The van der Waals surface area contributed by atoms with Crippen LogP contribution in [0.4, 0.5) is 0 Å². The molecule has 2 aromatic rings. The van der Waals surface area contributed by atoms with Gasteiger partial charge in [-0.05, 0) is 80.4 Å². The SMILES string of the molecule is OCCOc1ccc(CN2CC[C@@]3(CCCN(CCCc4ccccc4)C3)C2)cc1. The van der Waals surface area contributed by atoms with Crippen molar-refractivity contribution in [3.8, 4) is 5.75 Å². The van der Waals surface area contributed by atoms with Crippen LogP contribution < -0.4 is 4.74 Å². The monoisotopic (exact) mass is 408 g/mol. The van der Waals surface area contributed by atoms with Crippen LogP contribution in [0.3, 0.4) is 0 Å². The van der Waals surface area contributed by atoms with Crippen LogP contribution >= 0.6 is 0 Å². The second-order valence-electron chi connectivity index (χ2n) is 9.15. The summed E-state index contributed by atoms with van der Waals surface area (Å²) < 4.78 is 5.47. The average molecular weight is 409 g/mol. The Kier molecular flexibility index (Phi) is 7.42. The molecule has 0 aliphatic carbocycles. The Hall–Kier alpha value is -1.88. The van der Waals surface area contributed by atoms with Crippen LogP contribution in [0.2, 0.25) is 0 Å². The molecule has 2 fully saturated rings. The fourth-order valence-corrected chi connectivity index (χ4v) is 5.26. The van der Waals surface area contributed by atoms with Gasteiger partial charge >= 0.3 is 0 Å². The van der Waals surface area contributed by atoms with E-state index < -0.39 is 0 Å². The molecule has 1 N–H and O–H groups in total. The number of nitrogens with zero attached hydrogens (tertiary/aromatic N) is 2. The number of aliphatic hydroxyl groups excluding tert-OH is 1. The van der Waals surface area contributed by atoms with Crippen molar-refractivity contribution in [2.75, 3.05) is 45.9 Å². The van der Waals surface area contributed by atoms with Crippen molar-refractivity contribution in [2.24, 2.45) is 5.41 Å². The maximum Gasteiger partial charge on any atom is 0.119 e. The molecule has 4 nitrogen and oxygen atoms in total. The summed E-state index contributed by atoms with van der Waals surface area (Å²) in [5.41, 5.74) is 3.30. The Bertz CT molecular complexity index is 764. The lowest BCUT2D eigenvalue weighted by molar-refractivity contribution is 0.0911. The standard InChI is InChI=1S/C26H36N2O2/c29-18-19-30-25-11-9-24(10-12-25)20-28-17-14-26(22-28)13-5-16-27(21-26)15-4-8-23-6-2-1-3-7-23/h1-3,6-7,9-12,29H,4-5,8,13-22H2/t26-/m1/s1. The van der Waals surface area contributed by atoms with E-state index in [4.69, 9.17) is 9.84 Å². The summed E-state index contributed by atoms with van der Waals surface area (Å²) in [6.45, 7) is 7.64. The zero-order valence-electron chi connectivity index (χ0n) is 18.1. The van der Waals surface area contributed by atoms with E-state index in [9.17, 15) is 0 Å². The van der Waals surface area contributed by atoms with Crippen molar-refractivity contribution in [3.63, 3.8) is 0 Å². The minimum atomic E-state index is 0.0564. The zero-order chi connectivity index (χ0) is 20.7. The van der Waals surface area contributed by atoms with E-state index in [1.165, 1.54) is 76.0 Å². The van der Waals surface area contributed by atoms with Gasteiger partial charge in [0, 0.05) is 19.6 Å². The second-order valence-corrected chi connectivity index (χ2v) is 9.15. The maximum absolute atomic E-state index is 8.88. The van der Waals surface area contributed by atoms with Crippen molar-refractivity contribution in [1.29, 1.82) is 0 Å². The maximum atomic E-state index is 8.88. The summed E-state index contributed by atoms with van der Waals surface area (Å²) in [6.07, 6.45) is 6.51. The van der Waals surface area contributed by atoms with Crippen molar-refractivity contribution < 1.29 is 9.84 Å². The third-order valence-corrected chi connectivity index (χ3v) is 6.73. The van der Waals surface area contributed by atoms with Crippen molar-refractivity contribution in [2.45, 2.75) is 38.6 Å². The van der Waals surface area contributed by atoms with E-state index in [0.717, 1.165) is 12.3 Å². The van der Waals surface area contributed by atoms with Gasteiger partial charge in [-0.25, -0.2) is 0 Å². The van der Waals surface area contributed by atoms with E-state index in [0.29, 0.717) is 12.0 Å². The molecule has 1 spiro atoms. The first-order valence-corrected chi connectivity index (χ1v) is 11.6. The molecule has 4 heteroatoms. The van der Waals surface area contributed by atoms with Gasteiger partial charge in [0.15, 0.2) is 0 Å². The summed E-state index contributed by atoms with van der Waals surface area (Å²) in [7, 11) is 0. The first-order chi connectivity index (χ1) is 14.7. The van der Waals surface area contributed by atoms with Crippen LogP contribution in [0.25, 0.3) is 0 Å². The zero-order valence-corrected chi connectivity index (χ0v) is 18.1. The molecule has 2 saturated heterocycles. The highest BCUT2D eigenvalue weighted by molar-refractivity contribution is 5.27. The third kappa shape index (κ3) is 5.84. The number of hydrogen-bond donors (Lipinski definition) is 1.